The summed E-state index contributed by atoms with van der Waals surface area (Å²) in [5, 5.41) is 0. The second-order valence-corrected chi connectivity index (χ2v) is 5.00. The quantitative estimate of drug-likeness (QED) is 0.756. The summed E-state index contributed by atoms with van der Waals surface area (Å²) >= 11 is 0. The third kappa shape index (κ3) is 4.26. The first kappa shape index (κ1) is 14.9. The molecule has 1 rings (SSSR count). The fourth-order valence-corrected chi connectivity index (χ4v) is 1.97. The topological polar surface area (TPSA) is 55.0 Å². The van der Waals surface area contributed by atoms with Gasteiger partial charge in [0.25, 0.3) is 0 Å². The van der Waals surface area contributed by atoms with E-state index in [-0.39, 0.29) is 0 Å². The fourth-order valence-electron chi connectivity index (χ4n) is 1.97. The van der Waals surface area contributed by atoms with Crippen LogP contribution in [0.4, 0.5) is 5.95 Å². The molecule has 0 amide bonds. The van der Waals surface area contributed by atoms with Gasteiger partial charge in [0.2, 0.25) is 5.95 Å². The van der Waals surface area contributed by atoms with Gasteiger partial charge in [-0.2, -0.15) is 0 Å². The predicted octanol–water partition coefficient (Wildman–Crippen LogP) is 2.65. The molecule has 0 aliphatic heterocycles. The Morgan fingerprint density at radius 3 is 2.56 bits per heavy atom. The number of hydrogen-bond donors (Lipinski definition) is 1. The van der Waals surface area contributed by atoms with Gasteiger partial charge in [0.05, 0.1) is 5.69 Å². The van der Waals surface area contributed by atoms with Gasteiger partial charge in [0.15, 0.2) is 0 Å². The second kappa shape index (κ2) is 7.31. The highest BCUT2D eigenvalue weighted by Crippen LogP contribution is 2.14. The number of anilines is 1. The van der Waals surface area contributed by atoms with Crippen LogP contribution in [0.15, 0.2) is 6.07 Å². The standard InChI is InChI=1S/C14H26N4/c1-5-6-7-8-18(11(2)3)14-16-12(4)9-13(10-15)17-14/h9,11H,5-8,10,15H2,1-4H3. The van der Waals surface area contributed by atoms with Gasteiger partial charge in [-0.05, 0) is 33.3 Å². The minimum atomic E-state index is 0.411. The first-order chi connectivity index (χ1) is 8.58. The molecule has 1 aromatic rings. The fraction of sp³-hybridized carbons (Fsp3) is 0.714. The molecule has 4 nitrogen and oxygen atoms in total. The maximum atomic E-state index is 5.68. The molecule has 0 aliphatic carbocycles. The Kier molecular flexibility index (Phi) is 6.05. The lowest BCUT2D eigenvalue weighted by Gasteiger charge is -2.27. The minimum Gasteiger partial charge on any atom is -0.338 e. The van der Waals surface area contributed by atoms with Gasteiger partial charge in [0.1, 0.15) is 0 Å². The molecule has 0 aliphatic rings. The zero-order chi connectivity index (χ0) is 13.5. The molecule has 0 fully saturated rings. The molecule has 2 N–H and O–H groups in total. The molecule has 0 saturated heterocycles. The highest BCUT2D eigenvalue weighted by molar-refractivity contribution is 5.33. The Morgan fingerprint density at radius 2 is 2.00 bits per heavy atom. The molecule has 0 aromatic carbocycles. The van der Waals surface area contributed by atoms with Crippen molar-refractivity contribution < 1.29 is 0 Å². The zero-order valence-corrected chi connectivity index (χ0v) is 12.1. The molecule has 0 spiro atoms. The third-order valence-corrected chi connectivity index (χ3v) is 2.99. The second-order valence-electron chi connectivity index (χ2n) is 5.00. The van der Waals surface area contributed by atoms with Crippen molar-refractivity contribution in [2.24, 2.45) is 5.73 Å². The third-order valence-electron chi connectivity index (χ3n) is 2.99. The van der Waals surface area contributed by atoms with Crippen molar-refractivity contribution in [3.05, 3.63) is 17.5 Å². The summed E-state index contributed by atoms with van der Waals surface area (Å²) in [7, 11) is 0. The van der Waals surface area contributed by atoms with Crippen LogP contribution in [0.2, 0.25) is 0 Å². The van der Waals surface area contributed by atoms with E-state index in [0.717, 1.165) is 23.9 Å². The van der Waals surface area contributed by atoms with Crippen LogP contribution in [0.5, 0.6) is 0 Å². The Labute approximate surface area is 111 Å². The van der Waals surface area contributed by atoms with Gasteiger partial charge < -0.3 is 10.6 Å². The summed E-state index contributed by atoms with van der Waals surface area (Å²) in [4.78, 5) is 11.3. The molecule has 0 unspecified atom stereocenters. The summed E-state index contributed by atoms with van der Waals surface area (Å²) in [6.07, 6.45) is 3.66. The van der Waals surface area contributed by atoms with Crippen molar-refractivity contribution in [2.75, 3.05) is 11.4 Å². The Morgan fingerprint density at radius 1 is 1.28 bits per heavy atom. The van der Waals surface area contributed by atoms with Crippen molar-refractivity contribution in [1.82, 2.24) is 9.97 Å². The number of rotatable bonds is 7. The first-order valence-electron chi connectivity index (χ1n) is 6.89. The number of unbranched alkanes of at least 4 members (excludes halogenated alkanes) is 2. The molecular formula is C14H26N4. The van der Waals surface area contributed by atoms with E-state index < -0.39 is 0 Å². The smallest absolute Gasteiger partial charge is 0.226 e. The summed E-state index contributed by atoms with van der Waals surface area (Å²) < 4.78 is 0. The van der Waals surface area contributed by atoms with Gasteiger partial charge >= 0.3 is 0 Å². The van der Waals surface area contributed by atoms with Crippen LogP contribution in [0.3, 0.4) is 0 Å². The van der Waals surface area contributed by atoms with Crippen LogP contribution in [0.1, 0.15) is 51.4 Å². The lowest BCUT2D eigenvalue weighted by molar-refractivity contribution is 0.610. The number of nitrogens with zero attached hydrogens (tertiary/aromatic N) is 3. The largest absolute Gasteiger partial charge is 0.338 e. The molecule has 0 bridgehead atoms. The normalized spacial score (nSPS) is 11.0. The van der Waals surface area contributed by atoms with Crippen LogP contribution in [0.25, 0.3) is 0 Å². The maximum absolute atomic E-state index is 5.68. The van der Waals surface area contributed by atoms with Gasteiger partial charge in [-0.25, -0.2) is 9.97 Å². The van der Waals surface area contributed by atoms with Crippen LogP contribution in [-0.2, 0) is 6.54 Å². The van der Waals surface area contributed by atoms with Crippen LogP contribution >= 0.6 is 0 Å². The maximum Gasteiger partial charge on any atom is 0.226 e. The number of aromatic nitrogens is 2. The van der Waals surface area contributed by atoms with E-state index in [4.69, 9.17) is 5.73 Å². The average molecular weight is 250 g/mol. The van der Waals surface area contributed by atoms with Gasteiger partial charge in [0, 0.05) is 24.8 Å². The van der Waals surface area contributed by atoms with Gasteiger partial charge in [-0.1, -0.05) is 19.8 Å². The van der Waals surface area contributed by atoms with E-state index in [1.807, 2.05) is 13.0 Å². The number of aryl methyl sites for hydroxylation is 1. The predicted molar refractivity (Wildman–Crippen MR) is 76.7 cm³/mol. The van der Waals surface area contributed by atoms with E-state index in [0.29, 0.717) is 12.6 Å². The molecular weight excluding hydrogens is 224 g/mol. The van der Waals surface area contributed by atoms with Crippen molar-refractivity contribution in [3.63, 3.8) is 0 Å². The van der Waals surface area contributed by atoms with Gasteiger partial charge in [-0.3, -0.25) is 0 Å². The van der Waals surface area contributed by atoms with E-state index in [9.17, 15) is 0 Å². The molecule has 102 valence electrons. The van der Waals surface area contributed by atoms with Gasteiger partial charge in [-0.15, -0.1) is 0 Å². The Hall–Kier alpha value is -1.16. The summed E-state index contributed by atoms with van der Waals surface area (Å²) in [5.41, 5.74) is 7.58. The van der Waals surface area contributed by atoms with Crippen LogP contribution < -0.4 is 10.6 Å². The Balaban J connectivity index is 2.87. The Bertz CT molecular complexity index is 363. The van der Waals surface area contributed by atoms with E-state index >= 15 is 0 Å². The molecule has 0 saturated carbocycles. The lowest BCUT2D eigenvalue weighted by atomic mass is 10.2. The zero-order valence-electron chi connectivity index (χ0n) is 12.1. The number of hydrogen-bond acceptors (Lipinski definition) is 4. The first-order valence-corrected chi connectivity index (χ1v) is 6.89. The summed E-state index contributed by atoms with van der Waals surface area (Å²) in [6.45, 7) is 10.1. The highest BCUT2D eigenvalue weighted by atomic mass is 15.3. The van der Waals surface area contributed by atoms with E-state index in [2.05, 4.69) is 35.6 Å². The molecule has 0 atom stereocenters. The summed E-state index contributed by atoms with van der Waals surface area (Å²) in [6, 6.07) is 2.36. The SMILES string of the molecule is CCCCCN(c1nc(C)cc(CN)n1)C(C)C. The lowest BCUT2D eigenvalue weighted by Crippen LogP contribution is -2.33. The average Bonchev–Trinajstić information content (AvgIpc) is 2.33. The van der Waals surface area contributed by atoms with Crippen molar-refractivity contribution in [2.45, 2.75) is 59.5 Å². The van der Waals surface area contributed by atoms with E-state index in [1.54, 1.807) is 0 Å². The molecule has 1 heterocycles. The van der Waals surface area contributed by atoms with Crippen molar-refractivity contribution in [3.8, 4) is 0 Å². The molecule has 18 heavy (non-hydrogen) atoms. The van der Waals surface area contributed by atoms with Crippen molar-refractivity contribution in [1.29, 1.82) is 0 Å². The molecule has 4 heteroatoms. The van der Waals surface area contributed by atoms with Crippen LogP contribution in [0, 0.1) is 6.92 Å². The summed E-state index contributed by atoms with van der Waals surface area (Å²) in [5.74, 6) is 0.821. The number of nitrogens with two attached hydrogens (primary N) is 1. The highest BCUT2D eigenvalue weighted by Gasteiger charge is 2.14. The minimum absolute atomic E-state index is 0.411. The monoisotopic (exact) mass is 250 g/mol. The van der Waals surface area contributed by atoms with E-state index in [1.165, 1.54) is 19.3 Å². The molecule has 0 radical (unpaired) electrons. The van der Waals surface area contributed by atoms with Crippen molar-refractivity contribution >= 4 is 5.95 Å². The molecule has 1 aromatic heterocycles. The van der Waals surface area contributed by atoms with Crippen LogP contribution in [-0.4, -0.2) is 22.6 Å².